The number of aromatic nitrogens is 1. The Morgan fingerprint density at radius 3 is 2.60 bits per heavy atom. The Labute approximate surface area is 116 Å². The van der Waals surface area contributed by atoms with Gasteiger partial charge in [0.2, 0.25) is 10.0 Å². The number of hydrogen-bond acceptors (Lipinski definition) is 5. The molecule has 112 valence electrons. The summed E-state index contributed by atoms with van der Waals surface area (Å²) in [6, 6.07) is 1.05. The van der Waals surface area contributed by atoms with E-state index in [1.54, 1.807) is 0 Å². The van der Waals surface area contributed by atoms with Crippen molar-refractivity contribution in [3.05, 3.63) is 18.0 Å². The molecule has 0 bridgehead atoms. The minimum absolute atomic E-state index is 0.115. The van der Waals surface area contributed by atoms with Crippen LogP contribution in [-0.4, -0.2) is 55.5 Å². The second-order valence-corrected chi connectivity index (χ2v) is 6.11. The molecule has 1 aromatic heterocycles. The summed E-state index contributed by atoms with van der Waals surface area (Å²) in [5.41, 5.74) is -0.202. The number of carboxylic acids is 1. The third kappa shape index (κ3) is 3.81. The average molecular weight is 304 g/mol. The molecule has 1 aromatic rings. The highest BCUT2D eigenvalue weighted by Crippen LogP contribution is 2.16. The van der Waals surface area contributed by atoms with Crippen LogP contribution in [0.25, 0.3) is 0 Å². The quantitative estimate of drug-likeness (QED) is 0.699. The number of carboxylic acid groups (broad SMARTS) is 1. The number of nitrogens with zero attached hydrogens (tertiary/aromatic N) is 1. The van der Waals surface area contributed by atoms with Crippen LogP contribution >= 0.6 is 0 Å². The lowest BCUT2D eigenvalue weighted by Gasteiger charge is -2.15. The lowest BCUT2D eigenvalue weighted by Crippen LogP contribution is -2.28. The first-order valence-electron chi connectivity index (χ1n) is 5.74. The van der Waals surface area contributed by atoms with Crippen molar-refractivity contribution in [3.8, 4) is 0 Å². The first-order valence-corrected chi connectivity index (χ1v) is 7.18. The molecule has 1 heterocycles. The van der Waals surface area contributed by atoms with Crippen LogP contribution in [-0.2, 0) is 19.6 Å². The molecule has 0 aliphatic rings. The Balaban J connectivity index is 2.71. The van der Waals surface area contributed by atoms with E-state index in [0.717, 1.165) is 16.6 Å². The number of nitrogens with one attached hydrogen (secondary N) is 1. The lowest BCUT2D eigenvalue weighted by atomic mass is 10.3. The molecule has 0 atom stereocenters. The van der Waals surface area contributed by atoms with Crippen LogP contribution in [0.5, 0.6) is 0 Å². The number of rotatable bonds is 7. The van der Waals surface area contributed by atoms with E-state index < -0.39 is 22.0 Å². The van der Waals surface area contributed by atoms with E-state index >= 15 is 0 Å². The Morgan fingerprint density at radius 1 is 1.45 bits per heavy atom. The smallest absolute Gasteiger partial charge is 0.352 e. The number of H-pyrrole nitrogens is 1. The van der Waals surface area contributed by atoms with E-state index in [9.17, 15) is 18.0 Å². The van der Waals surface area contributed by atoms with E-state index in [0.29, 0.717) is 6.42 Å². The van der Waals surface area contributed by atoms with Gasteiger partial charge in [0.25, 0.3) is 0 Å². The van der Waals surface area contributed by atoms with E-state index in [-0.39, 0.29) is 23.6 Å². The second kappa shape index (κ2) is 6.53. The minimum atomic E-state index is -3.77. The van der Waals surface area contributed by atoms with Gasteiger partial charge in [0.1, 0.15) is 10.6 Å². The highest BCUT2D eigenvalue weighted by molar-refractivity contribution is 7.89. The molecule has 0 amide bonds. The molecule has 0 unspecified atom stereocenters. The summed E-state index contributed by atoms with van der Waals surface area (Å²) in [4.78, 5) is 23.9. The number of carbonyl (C=O) groups is 2. The van der Waals surface area contributed by atoms with Crippen molar-refractivity contribution in [3.63, 3.8) is 0 Å². The fourth-order valence-electron chi connectivity index (χ4n) is 1.50. The van der Waals surface area contributed by atoms with Gasteiger partial charge in [-0.15, -0.1) is 0 Å². The molecule has 8 nitrogen and oxygen atoms in total. The van der Waals surface area contributed by atoms with Gasteiger partial charge in [0.05, 0.1) is 7.11 Å². The number of methoxy groups -OCH3 is 1. The predicted molar refractivity (Wildman–Crippen MR) is 68.8 cm³/mol. The largest absolute Gasteiger partial charge is 0.477 e. The summed E-state index contributed by atoms with van der Waals surface area (Å²) in [7, 11) is -1.15. The first-order chi connectivity index (χ1) is 9.28. The molecule has 9 heteroatoms. The zero-order valence-corrected chi connectivity index (χ0v) is 11.9. The van der Waals surface area contributed by atoms with Crippen molar-refractivity contribution in [2.45, 2.75) is 17.7 Å². The van der Waals surface area contributed by atoms with Crippen LogP contribution in [0.2, 0.25) is 0 Å². The van der Waals surface area contributed by atoms with Gasteiger partial charge < -0.3 is 14.8 Å². The van der Waals surface area contributed by atoms with Crippen molar-refractivity contribution in [2.75, 3.05) is 20.7 Å². The summed E-state index contributed by atoms with van der Waals surface area (Å²) in [6.07, 6.45) is 1.55. The third-order valence-corrected chi connectivity index (χ3v) is 4.51. The predicted octanol–water partition coefficient (Wildman–Crippen LogP) is 0.287. The van der Waals surface area contributed by atoms with Crippen molar-refractivity contribution in [1.82, 2.24) is 9.29 Å². The van der Waals surface area contributed by atoms with Crippen LogP contribution in [0, 0.1) is 0 Å². The van der Waals surface area contributed by atoms with E-state index in [1.165, 1.54) is 14.2 Å². The van der Waals surface area contributed by atoms with Crippen molar-refractivity contribution >= 4 is 22.0 Å². The fraction of sp³-hybridized carbons (Fsp3) is 0.455. The van der Waals surface area contributed by atoms with Crippen LogP contribution < -0.4 is 0 Å². The Morgan fingerprint density at radius 2 is 2.10 bits per heavy atom. The molecule has 20 heavy (non-hydrogen) atoms. The number of hydrogen-bond donors (Lipinski definition) is 2. The van der Waals surface area contributed by atoms with Gasteiger partial charge >= 0.3 is 11.9 Å². The van der Waals surface area contributed by atoms with Crippen LogP contribution in [0.4, 0.5) is 0 Å². The van der Waals surface area contributed by atoms with Crippen LogP contribution in [0.1, 0.15) is 23.3 Å². The Kier molecular flexibility index (Phi) is 5.28. The van der Waals surface area contributed by atoms with Gasteiger partial charge in [0.15, 0.2) is 0 Å². The van der Waals surface area contributed by atoms with E-state index in [2.05, 4.69) is 9.72 Å². The first kappa shape index (κ1) is 16.2. The molecule has 0 radical (unpaired) electrons. The van der Waals surface area contributed by atoms with Gasteiger partial charge in [-0.3, -0.25) is 4.79 Å². The highest BCUT2D eigenvalue weighted by atomic mass is 32.2. The average Bonchev–Trinajstić information content (AvgIpc) is 2.88. The Bertz CT molecular complexity index is 592. The van der Waals surface area contributed by atoms with Crippen molar-refractivity contribution < 1.29 is 27.9 Å². The fourth-order valence-corrected chi connectivity index (χ4v) is 2.70. The highest BCUT2D eigenvalue weighted by Gasteiger charge is 2.23. The lowest BCUT2D eigenvalue weighted by molar-refractivity contribution is -0.140. The van der Waals surface area contributed by atoms with Crippen molar-refractivity contribution in [1.29, 1.82) is 0 Å². The standard InChI is InChI=1S/C11H16N2O6S/c1-13(5-3-4-10(14)19-2)20(17,18)8-6-9(11(15)16)12-7-8/h6-7,12H,3-5H2,1-2H3,(H,15,16). The molecule has 1 rings (SSSR count). The number of aromatic carboxylic acids is 1. The molecule has 0 aromatic carbocycles. The maximum Gasteiger partial charge on any atom is 0.352 e. The van der Waals surface area contributed by atoms with Gasteiger partial charge in [-0.1, -0.05) is 0 Å². The maximum atomic E-state index is 12.1. The van der Waals surface area contributed by atoms with Crippen molar-refractivity contribution in [2.24, 2.45) is 0 Å². The SMILES string of the molecule is COC(=O)CCCN(C)S(=O)(=O)c1c[nH]c(C(=O)O)c1. The normalized spacial score (nSPS) is 11.6. The minimum Gasteiger partial charge on any atom is -0.477 e. The second-order valence-electron chi connectivity index (χ2n) is 4.06. The number of esters is 1. The molecule has 0 aliphatic carbocycles. The number of sulfonamides is 1. The number of carbonyl (C=O) groups excluding carboxylic acids is 1. The molecular weight excluding hydrogens is 288 g/mol. The number of aromatic amines is 1. The molecule has 0 saturated carbocycles. The zero-order valence-electron chi connectivity index (χ0n) is 11.1. The van der Waals surface area contributed by atoms with Crippen LogP contribution in [0.15, 0.2) is 17.2 Å². The Hall–Kier alpha value is -1.87. The summed E-state index contributed by atoms with van der Waals surface area (Å²) >= 11 is 0. The molecule has 0 saturated heterocycles. The summed E-state index contributed by atoms with van der Waals surface area (Å²) in [5, 5.41) is 8.74. The topological polar surface area (TPSA) is 117 Å². The van der Waals surface area contributed by atoms with Gasteiger partial charge in [-0.05, 0) is 12.5 Å². The van der Waals surface area contributed by atoms with Gasteiger partial charge in [0, 0.05) is 26.2 Å². The molecule has 2 N–H and O–H groups in total. The molecular formula is C11H16N2O6S. The third-order valence-electron chi connectivity index (χ3n) is 2.68. The maximum absolute atomic E-state index is 12.1. The van der Waals surface area contributed by atoms with Crippen LogP contribution in [0.3, 0.4) is 0 Å². The summed E-state index contributed by atoms with van der Waals surface area (Å²) in [5.74, 6) is -1.65. The monoisotopic (exact) mass is 304 g/mol. The molecule has 0 aliphatic heterocycles. The zero-order chi connectivity index (χ0) is 15.3. The molecule has 0 fully saturated rings. The van der Waals surface area contributed by atoms with E-state index in [1.807, 2.05) is 0 Å². The molecule has 0 spiro atoms. The summed E-state index contributed by atoms with van der Waals surface area (Å²) in [6.45, 7) is 0.130. The van der Waals surface area contributed by atoms with E-state index in [4.69, 9.17) is 5.11 Å². The van der Waals surface area contributed by atoms with Gasteiger partial charge in [-0.2, -0.15) is 0 Å². The van der Waals surface area contributed by atoms with Gasteiger partial charge in [-0.25, -0.2) is 17.5 Å². The number of ether oxygens (including phenoxy) is 1. The summed E-state index contributed by atoms with van der Waals surface area (Å²) < 4.78 is 29.7.